The number of nitrogens with one attached hydrogen (secondary N) is 2. The Morgan fingerprint density at radius 1 is 0.714 bits per heavy atom. The van der Waals surface area contributed by atoms with Gasteiger partial charge in [-0.2, -0.15) is 0 Å². The molecule has 1 aromatic heterocycles. The number of nitrogen functional groups attached to an aromatic ring is 2. The SMILES string of the molecule is Nc1ccc(C(=O)Nc2ccc(NC(=O)c3ccc(N)cc3)c(-c3nc4ccccc4s3)c2)cc1. The average molecular weight is 480 g/mol. The van der Waals surface area contributed by atoms with Crippen molar-refractivity contribution in [3.05, 3.63) is 102 Å². The molecular formula is C27H21N5O2S. The van der Waals surface area contributed by atoms with Crippen LogP contribution >= 0.6 is 11.3 Å². The zero-order valence-electron chi connectivity index (χ0n) is 18.5. The third-order valence-corrected chi connectivity index (χ3v) is 6.47. The number of thiazole rings is 1. The second-order valence-electron chi connectivity index (χ2n) is 7.90. The van der Waals surface area contributed by atoms with Crippen LogP contribution in [0.2, 0.25) is 0 Å². The fraction of sp³-hybridized carbons (Fsp3) is 0. The highest BCUT2D eigenvalue weighted by molar-refractivity contribution is 7.21. The Balaban J connectivity index is 1.50. The van der Waals surface area contributed by atoms with Crippen molar-refractivity contribution >= 4 is 56.1 Å². The molecule has 0 saturated carbocycles. The van der Waals surface area contributed by atoms with Gasteiger partial charge < -0.3 is 22.1 Å². The van der Waals surface area contributed by atoms with Crippen molar-refractivity contribution in [1.82, 2.24) is 4.98 Å². The summed E-state index contributed by atoms with van der Waals surface area (Å²) in [5, 5.41) is 6.60. The quantitative estimate of drug-likeness (QED) is 0.243. The molecule has 4 aromatic carbocycles. The van der Waals surface area contributed by atoms with E-state index in [1.165, 1.54) is 11.3 Å². The zero-order valence-corrected chi connectivity index (χ0v) is 19.3. The zero-order chi connectivity index (χ0) is 24.4. The Bertz CT molecular complexity index is 1510. The van der Waals surface area contributed by atoms with Crippen LogP contribution in [-0.4, -0.2) is 16.8 Å². The molecule has 0 spiro atoms. The molecule has 0 unspecified atom stereocenters. The van der Waals surface area contributed by atoms with Crippen LogP contribution in [0.25, 0.3) is 20.8 Å². The molecule has 5 aromatic rings. The van der Waals surface area contributed by atoms with Crippen molar-refractivity contribution in [3.8, 4) is 10.6 Å². The molecule has 35 heavy (non-hydrogen) atoms. The lowest BCUT2D eigenvalue weighted by atomic mass is 10.1. The highest BCUT2D eigenvalue weighted by atomic mass is 32.1. The normalized spacial score (nSPS) is 10.7. The van der Waals surface area contributed by atoms with Crippen molar-refractivity contribution in [2.24, 2.45) is 0 Å². The van der Waals surface area contributed by atoms with Gasteiger partial charge in [-0.3, -0.25) is 9.59 Å². The third-order valence-electron chi connectivity index (χ3n) is 5.40. The summed E-state index contributed by atoms with van der Waals surface area (Å²) in [6.45, 7) is 0. The Labute approximate surface area is 205 Å². The molecule has 8 heteroatoms. The number of amides is 2. The van der Waals surface area contributed by atoms with E-state index >= 15 is 0 Å². The van der Waals surface area contributed by atoms with Gasteiger partial charge in [0.05, 0.1) is 15.9 Å². The van der Waals surface area contributed by atoms with Crippen LogP contribution < -0.4 is 22.1 Å². The lowest BCUT2D eigenvalue weighted by Gasteiger charge is -2.13. The number of carbonyl (C=O) groups is 2. The molecule has 2 amide bonds. The number of nitrogens with zero attached hydrogens (tertiary/aromatic N) is 1. The molecule has 1 heterocycles. The van der Waals surface area contributed by atoms with Crippen molar-refractivity contribution in [2.45, 2.75) is 0 Å². The number of nitrogens with two attached hydrogens (primary N) is 2. The summed E-state index contributed by atoms with van der Waals surface area (Å²) in [6.07, 6.45) is 0. The van der Waals surface area contributed by atoms with Gasteiger partial charge in [0.1, 0.15) is 5.01 Å². The van der Waals surface area contributed by atoms with Gasteiger partial charge in [0.15, 0.2) is 0 Å². The minimum absolute atomic E-state index is 0.265. The minimum Gasteiger partial charge on any atom is -0.399 e. The number of carbonyl (C=O) groups excluding carboxylic acids is 2. The maximum absolute atomic E-state index is 12.9. The maximum Gasteiger partial charge on any atom is 0.255 e. The second kappa shape index (κ2) is 9.28. The molecule has 0 aliphatic rings. The predicted molar refractivity (Wildman–Crippen MR) is 143 cm³/mol. The maximum atomic E-state index is 12.9. The Morgan fingerprint density at radius 2 is 1.31 bits per heavy atom. The summed E-state index contributed by atoms with van der Waals surface area (Å²) in [4.78, 5) is 30.4. The molecule has 0 aliphatic heterocycles. The molecule has 7 nitrogen and oxygen atoms in total. The summed E-state index contributed by atoms with van der Waals surface area (Å²) < 4.78 is 1.02. The first kappa shape index (κ1) is 22.1. The topological polar surface area (TPSA) is 123 Å². The van der Waals surface area contributed by atoms with E-state index in [0.717, 1.165) is 15.2 Å². The molecule has 0 radical (unpaired) electrons. The fourth-order valence-electron chi connectivity index (χ4n) is 3.56. The Morgan fingerprint density at radius 3 is 1.94 bits per heavy atom. The van der Waals surface area contributed by atoms with E-state index in [1.54, 1.807) is 60.7 Å². The van der Waals surface area contributed by atoms with Crippen LogP contribution in [0, 0.1) is 0 Å². The van der Waals surface area contributed by atoms with Crippen LogP contribution in [0.5, 0.6) is 0 Å². The molecule has 0 aliphatic carbocycles. The van der Waals surface area contributed by atoms with E-state index in [1.807, 2.05) is 30.3 Å². The standard InChI is InChI=1S/C27H21N5O2S/c28-18-9-5-16(6-10-18)25(33)30-20-13-14-22(31-26(34)17-7-11-19(29)12-8-17)21(15-20)27-32-23-3-1-2-4-24(23)35-27/h1-15H,28-29H2,(H,30,33)(H,31,34). The monoisotopic (exact) mass is 479 g/mol. The lowest BCUT2D eigenvalue weighted by molar-refractivity contribution is 0.101. The summed E-state index contributed by atoms with van der Waals surface area (Å²) >= 11 is 1.51. The highest BCUT2D eigenvalue weighted by Crippen LogP contribution is 2.36. The van der Waals surface area contributed by atoms with Gasteiger partial charge >= 0.3 is 0 Å². The van der Waals surface area contributed by atoms with Gasteiger partial charge in [0.2, 0.25) is 0 Å². The molecule has 0 atom stereocenters. The predicted octanol–water partition coefficient (Wildman–Crippen LogP) is 5.63. The highest BCUT2D eigenvalue weighted by Gasteiger charge is 2.16. The van der Waals surface area contributed by atoms with Gasteiger partial charge in [-0.25, -0.2) is 4.98 Å². The molecule has 5 rings (SSSR count). The van der Waals surface area contributed by atoms with Gasteiger partial charge in [-0.1, -0.05) is 12.1 Å². The van der Waals surface area contributed by atoms with Gasteiger partial charge in [-0.05, 0) is 78.9 Å². The van der Waals surface area contributed by atoms with E-state index in [0.29, 0.717) is 39.4 Å². The van der Waals surface area contributed by atoms with Crippen LogP contribution in [0.1, 0.15) is 20.7 Å². The van der Waals surface area contributed by atoms with Crippen LogP contribution in [0.15, 0.2) is 91.0 Å². The molecular weight excluding hydrogens is 458 g/mol. The summed E-state index contributed by atoms with van der Waals surface area (Å²) in [5.41, 5.74) is 16.3. The van der Waals surface area contributed by atoms with E-state index in [4.69, 9.17) is 16.5 Å². The number of hydrogen-bond acceptors (Lipinski definition) is 6. The fourth-order valence-corrected chi connectivity index (χ4v) is 4.56. The van der Waals surface area contributed by atoms with Crippen molar-refractivity contribution in [3.63, 3.8) is 0 Å². The molecule has 172 valence electrons. The molecule has 0 bridgehead atoms. The van der Waals surface area contributed by atoms with Crippen LogP contribution in [-0.2, 0) is 0 Å². The number of rotatable bonds is 5. The summed E-state index contributed by atoms with van der Waals surface area (Å²) in [6, 6.07) is 26.5. The summed E-state index contributed by atoms with van der Waals surface area (Å²) in [5.74, 6) is -0.537. The average Bonchev–Trinajstić information content (AvgIpc) is 3.30. The first-order chi connectivity index (χ1) is 17.0. The van der Waals surface area contributed by atoms with Crippen LogP contribution in [0.4, 0.5) is 22.7 Å². The minimum atomic E-state index is -0.272. The Kier molecular flexibility index (Phi) is 5.87. The lowest BCUT2D eigenvalue weighted by Crippen LogP contribution is -2.14. The van der Waals surface area contributed by atoms with Gasteiger partial charge in [0.25, 0.3) is 11.8 Å². The number of aromatic nitrogens is 1. The Hall–Kier alpha value is -4.69. The first-order valence-corrected chi connectivity index (χ1v) is 11.6. The molecule has 0 saturated heterocycles. The molecule has 6 N–H and O–H groups in total. The second-order valence-corrected chi connectivity index (χ2v) is 8.93. The van der Waals surface area contributed by atoms with Gasteiger partial charge in [0, 0.05) is 33.8 Å². The van der Waals surface area contributed by atoms with Crippen molar-refractivity contribution < 1.29 is 9.59 Å². The number of fused-ring (bicyclic) bond motifs is 1. The first-order valence-electron chi connectivity index (χ1n) is 10.8. The van der Waals surface area contributed by atoms with Crippen molar-refractivity contribution in [2.75, 3.05) is 22.1 Å². The largest absolute Gasteiger partial charge is 0.399 e. The molecule has 0 fully saturated rings. The number of anilines is 4. The van der Waals surface area contributed by atoms with E-state index in [9.17, 15) is 9.59 Å². The van der Waals surface area contributed by atoms with E-state index in [-0.39, 0.29) is 11.8 Å². The van der Waals surface area contributed by atoms with E-state index in [2.05, 4.69) is 10.6 Å². The van der Waals surface area contributed by atoms with Crippen LogP contribution in [0.3, 0.4) is 0 Å². The number of hydrogen-bond donors (Lipinski definition) is 4. The number of para-hydroxylation sites is 1. The van der Waals surface area contributed by atoms with E-state index < -0.39 is 0 Å². The third kappa shape index (κ3) is 4.83. The number of benzene rings is 4. The van der Waals surface area contributed by atoms with Gasteiger partial charge in [-0.15, -0.1) is 11.3 Å². The smallest absolute Gasteiger partial charge is 0.255 e. The van der Waals surface area contributed by atoms with Crippen molar-refractivity contribution in [1.29, 1.82) is 0 Å². The summed E-state index contributed by atoms with van der Waals surface area (Å²) in [7, 11) is 0.